The zero-order chi connectivity index (χ0) is 8.32. The molecule has 11 heavy (non-hydrogen) atoms. The van der Waals surface area contributed by atoms with Crippen LogP contribution in [0.1, 0.15) is 39.0 Å². The summed E-state index contributed by atoms with van der Waals surface area (Å²) in [5.74, 6) is 0. The molecule has 2 nitrogen and oxygen atoms in total. The third-order valence-electron chi connectivity index (χ3n) is 2.91. The zero-order valence-electron chi connectivity index (χ0n) is 7.05. The van der Waals surface area contributed by atoms with E-state index in [2.05, 4.69) is 0 Å². The second-order valence-corrected chi connectivity index (χ2v) is 3.56. The van der Waals surface area contributed by atoms with Crippen LogP contribution in [0, 0.1) is 5.41 Å². The standard InChI is InChI=1S/C9H16O2/c1-2-9(7-10)5-3-8(11)4-6-9/h7-8,11H,2-6H2,1H3. The molecule has 0 aromatic carbocycles. The van der Waals surface area contributed by atoms with Crippen LogP contribution < -0.4 is 0 Å². The van der Waals surface area contributed by atoms with Crippen LogP contribution in [-0.4, -0.2) is 17.5 Å². The van der Waals surface area contributed by atoms with E-state index in [0.717, 1.165) is 38.4 Å². The number of aliphatic hydroxyl groups is 1. The van der Waals surface area contributed by atoms with E-state index >= 15 is 0 Å². The van der Waals surface area contributed by atoms with Crippen molar-refractivity contribution in [2.45, 2.75) is 45.1 Å². The maximum absolute atomic E-state index is 10.7. The van der Waals surface area contributed by atoms with Gasteiger partial charge >= 0.3 is 0 Å². The maximum Gasteiger partial charge on any atom is 0.126 e. The first-order valence-electron chi connectivity index (χ1n) is 4.37. The Balaban J connectivity index is 2.52. The molecule has 0 aromatic rings. The molecule has 0 spiro atoms. The summed E-state index contributed by atoms with van der Waals surface area (Å²) in [4.78, 5) is 10.7. The van der Waals surface area contributed by atoms with Crippen molar-refractivity contribution in [1.82, 2.24) is 0 Å². The van der Waals surface area contributed by atoms with Gasteiger partial charge in [-0.15, -0.1) is 0 Å². The Kier molecular flexibility index (Phi) is 2.66. The molecule has 0 radical (unpaired) electrons. The zero-order valence-corrected chi connectivity index (χ0v) is 7.05. The predicted octanol–water partition coefficient (Wildman–Crippen LogP) is 1.52. The van der Waals surface area contributed by atoms with Gasteiger partial charge in [-0.3, -0.25) is 0 Å². The van der Waals surface area contributed by atoms with Gasteiger partial charge in [0.2, 0.25) is 0 Å². The Morgan fingerprint density at radius 3 is 2.45 bits per heavy atom. The molecule has 1 saturated carbocycles. The summed E-state index contributed by atoms with van der Waals surface area (Å²) >= 11 is 0. The Morgan fingerprint density at radius 1 is 1.55 bits per heavy atom. The number of aldehydes is 1. The van der Waals surface area contributed by atoms with Crippen LogP contribution in [0.15, 0.2) is 0 Å². The molecular formula is C9H16O2. The van der Waals surface area contributed by atoms with E-state index in [0.29, 0.717) is 0 Å². The third kappa shape index (κ3) is 1.80. The number of carbonyl (C=O) groups is 1. The maximum atomic E-state index is 10.7. The van der Waals surface area contributed by atoms with Crippen molar-refractivity contribution in [3.8, 4) is 0 Å². The Labute approximate surface area is 67.6 Å². The van der Waals surface area contributed by atoms with Gasteiger partial charge in [0.15, 0.2) is 0 Å². The van der Waals surface area contributed by atoms with Crippen LogP contribution in [0.25, 0.3) is 0 Å². The lowest BCUT2D eigenvalue weighted by Gasteiger charge is -2.33. The molecule has 1 aliphatic carbocycles. The second-order valence-electron chi connectivity index (χ2n) is 3.56. The van der Waals surface area contributed by atoms with Crippen LogP contribution >= 0.6 is 0 Å². The van der Waals surface area contributed by atoms with Gasteiger partial charge in [-0.25, -0.2) is 0 Å². The smallest absolute Gasteiger partial charge is 0.126 e. The minimum atomic E-state index is -0.158. The summed E-state index contributed by atoms with van der Waals surface area (Å²) < 4.78 is 0. The second kappa shape index (κ2) is 3.35. The predicted molar refractivity (Wildman–Crippen MR) is 43.3 cm³/mol. The molecule has 1 N–H and O–H groups in total. The summed E-state index contributed by atoms with van der Waals surface area (Å²) in [7, 11) is 0. The highest BCUT2D eigenvalue weighted by Gasteiger charge is 2.32. The molecule has 0 saturated heterocycles. The summed E-state index contributed by atoms with van der Waals surface area (Å²) in [6, 6.07) is 0. The monoisotopic (exact) mass is 156 g/mol. The number of hydrogen-bond acceptors (Lipinski definition) is 2. The molecular weight excluding hydrogens is 140 g/mol. The van der Waals surface area contributed by atoms with E-state index in [1.165, 1.54) is 0 Å². The van der Waals surface area contributed by atoms with Crippen LogP contribution in [0.2, 0.25) is 0 Å². The molecule has 0 amide bonds. The van der Waals surface area contributed by atoms with Gasteiger partial charge < -0.3 is 9.90 Å². The van der Waals surface area contributed by atoms with Crippen molar-refractivity contribution < 1.29 is 9.90 Å². The molecule has 0 unspecified atom stereocenters. The van der Waals surface area contributed by atoms with Crippen molar-refractivity contribution in [1.29, 1.82) is 0 Å². The van der Waals surface area contributed by atoms with Gasteiger partial charge in [-0.05, 0) is 32.1 Å². The van der Waals surface area contributed by atoms with Gasteiger partial charge in [-0.2, -0.15) is 0 Å². The van der Waals surface area contributed by atoms with Crippen molar-refractivity contribution in [2.75, 3.05) is 0 Å². The fourth-order valence-electron chi connectivity index (χ4n) is 1.73. The van der Waals surface area contributed by atoms with E-state index in [9.17, 15) is 9.90 Å². The summed E-state index contributed by atoms with van der Waals surface area (Å²) in [6.07, 6.45) is 5.18. The first-order valence-corrected chi connectivity index (χ1v) is 4.37. The van der Waals surface area contributed by atoms with E-state index < -0.39 is 0 Å². The van der Waals surface area contributed by atoms with E-state index in [1.54, 1.807) is 0 Å². The lowest BCUT2D eigenvalue weighted by molar-refractivity contribution is -0.119. The van der Waals surface area contributed by atoms with Crippen molar-refractivity contribution in [3.63, 3.8) is 0 Å². The lowest BCUT2D eigenvalue weighted by Crippen LogP contribution is -2.30. The molecule has 0 bridgehead atoms. The molecule has 0 aromatic heterocycles. The van der Waals surface area contributed by atoms with Crippen molar-refractivity contribution in [2.24, 2.45) is 5.41 Å². The normalized spacial score (nSPS) is 38.5. The lowest BCUT2D eigenvalue weighted by atomic mass is 9.72. The van der Waals surface area contributed by atoms with Gasteiger partial charge in [0, 0.05) is 5.41 Å². The Hall–Kier alpha value is -0.370. The van der Waals surface area contributed by atoms with Gasteiger partial charge in [-0.1, -0.05) is 6.92 Å². The van der Waals surface area contributed by atoms with Gasteiger partial charge in [0.05, 0.1) is 6.10 Å². The van der Waals surface area contributed by atoms with Crippen molar-refractivity contribution >= 4 is 6.29 Å². The van der Waals surface area contributed by atoms with E-state index in [-0.39, 0.29) is 11.5 Å². The molecule has 0 atom stereocenters. The quantitative estimate of drug-likeness (QED) is 0.615. The number of aliphatic hydroxyl groups excluding tert-OH is 1. The molecule has 1 rings (SSSR count). The molecule has 1 aliphatic rings. The van der Waals surface area contributed by atoms with Crippen LogP contribution in [-0.2, 0) is 4.79 Å². The average molecular weight is 156 g/mol. The molecule has 0 heterocycles. The van der Waals surface area contributed by atoms with Crippen LogP contribution in [0.4, 0.5) is 0 Å². The molecule has 2 heteroatoms. The van der Waals surface area contributed by atoms with E-state index in [4.69, 9.17) is 0 Å². The fraction of sp³-hybridized carbons (Fsp3) is 0.889. The largest absolute Gasteiger partial charge is 0.393 e. The summed E-state index contributed by atoms with van der Waals surface area (Å²) in [5.41, 5.74) is -0.0980. The highest BCUT2D eigenvalue weighted by molar-refractivity contribution is 5.59. The minimum absolute atomic E-state index is 0.0980. The first kappa shape index (κ1) is 8.72. The summed E-state index contributed by atoms with van der Waals surface area (Å²) in [6.45, 7) is 2.05. The molecule has 0 aliphatic heterocycles. The number of rotatable bonds is 2. The minimum Gasteiger partial charge on any atom is -0.393 e. The highest BCUT2D eigenvalue weighted by Crippen LogP contribution is 2.37. The van der Waals surface area contributed by atoms with Gasteiger partial charge in [0.1, 0.15) is 6.29 Å². The first-order chi connectivity index (χ1) is 5.22. The van der Waals surface area contributed by atoms with Crippen molar-refractivity contribution in [3.05, 3.63) is 0 Å². The topological polar surface area (TPSA) is 37.3 Å². The highest BCUT2D eigenvalue weighted by atomic mass is 16.3. The Morgan fingerprint density at radius 2 is 2.09 bits per heavy atom. The molecule has 1 fully saturated rings. The summed E-state index contributed by atoms with van der Waals surface area (Å²) in [5, 5.41) is 9.22. The number of hydrogen-bond donors (Lipinski definition) is 1. The third-order valence-corrected chi connectivity index (χ3v) is 2.91. The fourth-order valence-corrected chi connectivity index (χ4v) is 1.73. The molecule has 64 valence electrons. The Bertz CT molecular complexity index is 134. The number of carbonyl (C=O) groups excluding carboxylic acids is 1. The van der Waals surface area contributed by atoms with E-state index in [1.807, 2.05) is 6.92 Å². The van der Waals surface area contributed by atoms with Crippen LogP contribution in [0.3, 0.4) is 0 Å². The SMILES string of the molecule is CCC1(C=O)CCC(O)CC1. The van der Waals surface area contributed by atoms with Crippen LogP contribution in [0.5, 0.6) is 0 Å². The average Bonchev–Trinajstić information content (AvgIpc) is 2.07. The van der Waals surface area contributed by atoms with Gasteiger partial charge in [0.25, 0.3) is 0 Å².